The van der Waals surface area contributed by atoms with Crippen molar-refractivity contribution < 1.29 is 0 Å². The summed E-state index contributed by atoms with van der Waals surface area (Å²) in [6.07, 6.45) is 1.59. The fraction of sp³-hybridized carbons (Fsp3) is 0.417. The SMILES string of the molecule is CC(C)(C)N=CC(Cl)(Cl)c1ccccc1. The molecule has 0 N–H and O–H groups in total. The third-order valence-electron chi connectivity index (χ3n) is 1.77. The maximum absolute atomic E-state index is 6.18. The van der Waals surface area contributed by atoms with Crippen molar-refractivity contribution in [2.24, 2.45) is 4.99 Å². The van der Waals surface area contributed by atoms with Crippen LogP contribution in [-0.4, -0.2) is 11.8 Å². The number of aliphatic imine (C=N–C) groups is 1. The molecule has 0 heterocycles. The zero-order chi connectivity index (χ0) is 11.5. The Morgan fingerprint density at radius 1 is 1.07 bits per heavy atom. The lowest BCUT2D eigenvalue weighted by Gasteiger charge is -2.18. The van der Waals surface area contributed by atoms with Gasteiger partial charge in [0.15, 0.2) is 4.33 Å². The molecule has 0 fully saturated rings. The summed E-state index contributed by atoms with van der Waals surface area (Å²) >= 11 is 12.4. The molecule has 0 aliphatic rings. The van der Waals surface area contributed by atoms with Crippen LogP contribution < -0.4 is 0 Å². The van der Waals surface area contributed by atoms with E-state index in [0.29, 0.717) is 0 Å². The lowest BCUT2D eigenvalue weighted by atomic mass is 10.1. The number of benzene rings is 1. The number of hydrogen-bond acceptors (Lipinski definition) is 1. The van der Waals surface area contributed by atoms with E-state index in [9.17, 15) is 0 Å². The van der Waals surface area contributed by atoms with Crippen molar-refractivity contribution in [1.82, 2.24) is 0 Å². The minimum absolute atomic E-state index is 0.163. The highest BCUT2D eigenvalue weighted by Gasteiger charge is 2.24. The van der Waals surface area contributed by atoms with E-state index in [2.05, 4.69) is 4.99 Å². The van der Waals surface area contributed by atoms with Crippen LogP contribution in [0.1, 0.15) is 26.3 Å². The number of alkyl halides is 2. The largest absolute Gasteiger partial charge is 0.288 e. The molecule has 3 heteroatoms. The molecule has 0 amide bonds. The molecule has 0 radical (unpaired) electrons. The summed E-state index contributed by atoms with van der Waals surface area (Å²) in [7, 11) is 0. The van der Waals surface area contributed by atoms with Crippen molar-refractivity contribution in [2.75, 3.05) is 0 Å². The maximum atomic E-state index is 6.18. The van der Waals surface area contributed by atoms with E-state index in [1.54, 1.807) is 6.21 Å². The summed E-state index contributed by atoms with van der Waals surface area (Å²) in [5.41, 5.74) is 0.672. The van der Waals surface area contributed by atoms with Gasteiger partial charge in [-0.1, -0.05) is 53.5 Å². The van der Waals surface area contributed by atoms with E-state index < -0.39 is 4.33 Å². The highest BCUT2D eigenvalue weighted by Crippen LogP contribution is 2.32. The van der Waals surface area contributed by atoms with Crippen LogP contribution in [0.15, 0.2) is 35.3 Å². The first-order chi connectivity index (χ1) is 6.81. The van der Waals surface area contributed by atoms with E-state index in [-0.39, 0.29) is 5.54 Å². The van der Waals surface area contributed by atoms with Crippen molar-refractivity contribution in [2.45, 2.75) is 30.6 Å². The summed E-state index contributed by atoms with van der Waals surface area (Å²) in [5, 5.41) is 0. The third kappa shape index (κ3) is 4.23. The molecular weight excluding hydrogens is 229 g/mol. The molecule has 0 saturated carbocycles. The molecule has 82 valence electrons. The van der Waals surface area contributed by atoms with E-state index in [1.165, 1.54) is 0 Å². The van der Waals surface area contributed by atoms with Crippen LogP contribution >= 0.6 is 23.2 Å². The quantitative estimate of drug-likeness (QED) is 0.546. The highest BCUT2D eigenvalue weighted by atomic mass is 35.5. The monoisotopic (exact) mass is 243 g/mol. The molecule has 1 aromatic rings. The lowest BCUT2D eigenvalue weighted by Crippen LogP contribution is -2.17. The van der Waals surface area contributed by atoms with E-state index >= 15 is 0 Å². The van der Waals surface area contributed by atoms with Gasteiger partial charge in [-0.15, -0.1) is 0 Å². The van der Waals surface area contributed by atoms with Gasteiger partial charge < -0.3 is 0 Å². The molecule has 0 saturated heterocycles. The molecule has 0 unspecified atom stereocenters. The Kier molecular flexibility index (Phi) is 3.80. The molecule has 1 nitrogen and oxygen atoms in total. The predicted octanol–water partition coefficient (Wildman–Crippen LogP) is 4.19. The molecule has 0 atom stereocenters. The van der Waals surface area contributed by atoms with Gasteiger partial charge in [-0.05, 0) is 26.3 Å². The summed E-state index contributed by atoms with van der Waals surface area (Å²) in [6.45, 7) is 6.00. The zero-order valence-corrected chi connectivity index (χ0v) is 10.7. The smallest absolute Gasteiger partial charge is 0.177 e. The van der Waals surface area contributed by atoms with Crippen LogP contribution in [-0.2, 0) is 4.33 Å². The first kappa shape index (κ1) is 12.5. The average Bonchev–Trinajstić information content (AvgIpc) is 2.16. The zero-order valence-electron chi connectivity index (χ0n) is 9.17. The minimum Gasteiger partial charge on any atom is -0.288 e. The van der Waals surface area contributed by atoms with E-state index in [4.69, 9.17) is 23.2 Å². The van der Waals surface area contributed by atoms with Crippen molar-refractivity contribution in [3.63, 3.8) is 0 Å². The minimum atomic E-state index is -1.05. The normalized spacial score (nSPS) is 13.4. The fourth-order valence-corrected chi connectivity index (χ4v) is 1.36. The molecule has 1 rings (SSSR count). The fourth-order valence-electron chi connectivity index (χ4n) is 1.01. The Bertz CT molecular complexity index is 336. The summed E-state index contributed by atoms with van der Waals surface area (Å²) in [5.74, 6) is 0. The molecule has 0 aliphatic carbocycles. The Labute approximate surface area is 101 Å². The number of nitrogens with zero attached hydrogens (tertiary/aromatic N) is 1. The molecule has 1 aromatic carbocycles. The van der Waals surface area contributed by atoms with Gasteiger partial charge in [-0.25, -0.2) is 0 Å². The standard InChI is InChI=1S/C12H15Cl2N/c1-11(2,3)15-9-12(13,14)10-7-5-4-6-8-10/h4-9H,1-3H3. The molecular formula is C12H15Cl2N. The molecule has 0 bridgehead atoms. The van der Waals surface area contributed by atoms with Crippen LogP contribution in [0, 0.1) is 0 Å². The Morgan fingerprint density at radius 3 is 2.07 bits per heavy atom. The van der Waals surface area contributed by atoms with Gasteiger partial charge in [0.2, 0.25) is 0 Å². The van der Waals surface area contributed by atoms with Crippen LogP contribution in [0.25, 0.3) is 0 Å². The van der Waals surface area contributed by atoms with E-state index in [1.807, 2.05) is 51.1 Å². The molecule has 0 aliphatic heterocycles. The second-order valence-corrected chi connectivity index (χ2v) is 5.80. The molecule has 15 heavy (non-hydrogen) atoms. The third-order valence-corrected chi connectivity index (χ3v) is 2.40. The second-order valence-electron chi connectivity index (χ2n) is 4.42. The number of rotatable bonds is 2. The Hall–Kier alpha value is -0.530. The van der Waals surface area contributed by atoms with Gasteiger partial charge in [0.05, 0.1) is 5.54 Å². The summed E-state index contributed by atoms with van der Waals surface area (Å²) in [6, 6.07) is 9.50. The second kappa shape index (κ2) is 4.54. The first-order valence-corrected chi connectivity index (χ1v) is 5.57. The lowest BCUT2D eigenvalue weighted by molar-refractivity contribution is 0.584. The topological polar surface area (TPSA) is 12.4 Å². The van der Waals surface area contributed by atoms with Crippen molar-refractivity contribution in [3.05, 3.63) is 35.9 Å². The van der Waals surface area contributed by atoms with Crippen LogP contribution in [0.2, 0.25) is 0 Å². The van der Waals surface area contributed by atoms with Gasteiger partial charge >= 0.3 is 0 Å². The predicted molar refractivity (Wildman–Crippen MR) is 68.1 cm³/mol. The van der Waals surface area contributed by atoms with Crippen molar-refractivity contribution in [1.29, 1.82) is 0 Å². The van der Waals surface area contributed by atoms with Gasteiger partial charge in [-0.2, -0.15) is 0 Å². The average molecular weight is 244 g/mol. The van der Waals surface area contributed by atoms with Crippen LogP contribution in [0.4, 0.5) is 0 Å². The molecule has 0 aromatic heterocycles. The molecule has 0 spiro atoms. The van der Waals surface area contributed by atoms with Gasteiger partial charge in [0.1, 0.15) is 0 Å². The van der Waals surface area contributed by atoms with Crippen molar-refractivity contribution in [3.8, 4) is 0 Å². The Balaban J connectivity index is 2.90. The first-order valence-electron chi connectivity index (χ1n) is 4.81. The van der Waals surface area contributed by atoms with Crippen LogP contribution in [0.5, 0.6) is 0 Å². The van der Waals surface area contributed by atoms with Gasteiger partial charge in [0, 0.05) is 6.21 Å². The number of hydrogen-bond donors (Lipinski definition) is 0. The van der Waals surface area contributed by atoms with E-state index in [0.717, 1.165) is 5.56 Å². The van der Waals surface area contributed by atoms with Gasteiger partial charge in [0.25, 0.3) is 0 Å². The number of halogens is 2. The van der Waals surface area contributed by atoms with Crippen molar-refractivity contribution >= 4 is 29.4 Å². The highest BCUT2D eigenvalue weighted by molar-refractivity contribution is 6.55. The van der Waals surface area contributed by atoms with Gasteiger partial charge in [-0.3, -0.25) is 4.99 Å². The Morgan fingerprint density at radius 2 is 1.60 bits per heavy atom. The summed E-state index contributed by atoms with van der Waals surface area (Å²) < 4.78 is -1.05. The maximum Gasteiger partial charge on any atom is 0.177 e. The van der Waals surface area contributed by atoms with Crippen LogP contribution in [0.3, 0.4) is 0 Å². The summed E-state index contributed by atoms with van der Waals surface area (Å²) in [4.78, 5) is 4.32.